The third-order valence-corrected chi connectivity index (χ3v) is 2.94. The van der Waals surface area contributed by atoms with Crippen molar-refractivity contribution in [2.75, 3.05) is 13.2 Å². The van der Waals surface area contributed by atoms with Gasteiger partial charge in [-0.15, -0.1) is 0 Å². The van der Waals surface area contributed by atoms with E-state index in [2.05, 4.69) is 6.08 Å². The van der Waals surface area contributed by atoms with E-state index >= 15 is 0 Å². The van der Waals surface area contributed by atoms with Crippen LogP contribution in [0, 0.1) is 0 Å². The average Bonchev–Trinajstić information content (AvgIpc) is 2.37. The van der Waals surface area contributed by atoms with E-state index in [1.54, 1.807) is 0 Å². The summed E-state index contributed by atoms with van der Waals surface area (Å²) in [5.41, 5.74) is 0. The van der Waals surface area contributed by atoms with Crippen molar-refractivity contribution in [2.45, 2.75) is 57.7 Å². The number of allylic oxidation sites excluding steroid dienone is 1. The lowest BCUT2D eigenvalue weighted by Gasteiger charge is -2.21. The minimum absolute atomic E-state index is 0.0148. The molecule has 1 atom stereocenters. The van der Waals surface area contributed by atoms with Crippen molar-refractivity contribution in [1.29, 1.82) is 0 Å². The van der Waals surface area contributed by atoms with Crippen LogP contribution in [-0.2, 0) is 14.3 Å². The zero-order valence-electron chi connectivity index (χ0n) is 11.0. The third kappa shape index (κ3) is 8.25. The van der Waals surface area contributed by atoms with E-state index in [0.29, 0.717) is 6.61 Å². The average molecular weight is 256 g/mol. The molecule has 1 N–H and O–H groups in total. The predicted molar refractivity (Wildman–Crippen MR) is 69.4 cm³/mol. The molecule has 0 aromatic heterocycles. The van der Waals surface area contributed by atoms with Crippen molar-refractivity contribution in [1.82, 2.24) is 0 Å². The van der Waals surface area contributed by atoms with Gasteiger partial charge >= 0.3 is 5.97 Å². The van der Waals surface area contributed by atoms with Gasteiger partial charge in [-0.3, -0.25) is 4.79 Å². The molecule has 4 nitrogen and oxygen atoms in total. The highest BCUT2D eigenvalue weighted by Crippen LogP contribution is 2.13. The first-order chi connectivity index (χ1) is 8.79. The van der Waals surface area contributed by atoms with Gasteiger partial charge in [0.25, 0.3) is 0 Å². The molecule has 0 aromatic rings. The Hall–Kier alpha value is -0.870. The second kappa shape index (κ2) is 10.1. The van der Waals surface area contributed by atoms with Crippen LogP contribution >= 0.6 is 0 Å². The normalized spacial score (nSPS) is 20.3. The minimum atomic E-state index is -0.702. The molecule has 1 fully saturated rings. The summed E-state index contributed by atoms with van der Waals surface area (Å²) in [4.78, 5) is 10.3. The van der Waals surface area contributed by atoms with E-state index in [9.17, 15) is 4.79 Å². The number of rotatable bonds is 9. The van der Waals surface area contributed by atoms with Crippen molar-refractivity contribution < 1.29 is 19.4 Å². The van der Waals surface area contributed by atoms with Gasteiger partial charge in [0.2, 0.25) is 0 Å². The van der Waals surface area contributed by atoms with Crippen molar-refractivity contribution >= 4 is 5.97 Å². The summed E-state index contributed by atoms with van der Waals surface area (Å²) >= 11 is 0. The van der Waals surface area contributed by atoms with Crippen molar-refractivity contribution in [3.63, 3.8) is 0 Å². The first-order valence-corrected chi connectivity index (χ1v) is 6.89. The number of carboxylic acid groups (broad SMARTS) is 1. The molecule has 1 aliphatic rings. The van der Waals surface area contributed by atoms with Crippen LogP contribution in [0.4, 0.5) is 0 Å². The second-order valence-corrected chi connectivity index (χ2v) is 4.59. The number of hydrogen-bond acceptors (Lipinski definition) is 3. The number of unbranched alkanes of at least 4 members (excludes halogenated alkanes) is 3. The molecule has 1 aliphatic heterocycles. The van der Waals surface area contributed by atoms with E-state index in [1.807, 2.05) is 6.08 Å². The number of hydrogen-bond donors (Lipinski definition) is 1. The molecule has 104 valence electrons. The number of aliphatic carboxylic acids is 1. The summed E-state index contributed by atoms with van der Waals surface area (Å²) in [5.74, 6) is -0.702. The first kappa shape index (κ1) is 15.2. The van der Waals surface area contributed by atoms with Crippen LogP contribution in [-0.4, -0.2) is 30.6 Å². The Kier molecular flexibility index (Phi) is 8.51. The van der Waals surface area contributed by atoms with E-state index in [1.165, 1.54) is 6.42 Å². The van der Waals surface area contributed by atoms with Gasteiger partial charge in [0, 0.05) is 13.0 Å². The Morgan fingerprint density at radius 1 is 1.28 bits per heavy atom. The maximum Gasteiger partial charge on any atom is 0.303 e. The zero-order chi connectivity index (χ0) is 13.1. The van der Waals surface area contributed by atoms with Crippen LogP contribution in [0.1, 0.15) is 51.4 Å². The summed E-state index contributed by atoms with van der Waals surface area (Å²) in [6, 6.07) is 0. The predicted octanol–water partition coefficient (Wildman–Crippen LogP) is 3.12. The van der Waals surface area contributed by atoms with Crippen molar-refractivity contribution in [2.24, 2.45) is 0 Å². The molecule has 0 aliphatic carbocycles. The van der Waals surface area contributed by atoms with Crippen molar-refractivity contribution in [3.05, 3.63) is 12.2 Å². The van der Waals surface area contributed by atoms with E-state index in [0.717, 1.165) is 45.1 Å². The molecule has 18 heavy (non-hydrogen) atoms. The molecule has 0 amide bonds. The van der Waals surface area contributed by atoms with Crippen LogP contribution in [0.2, 0.25) is 0 Å². The van der Waals surface area contributed by atoms with Gasteiger partial charge < -0.3 is 14.6 Å². The molecule has 1 rings (SSSR count). The SMILES string of the molecule is O=C(O)CCCCCC=CCOC1CCCCO1. The fourth-order valence-corrected chi connectivity index (χ4v) is 1.91. The lowest BCUT2D eigenvalue weighted by molar-refractivity contribution is -0.155. The molecule has 1 unspecified atom stereocenters. The summed E-state index contributed by atoms with van der Waals surface area (Å²) in [7, 11) is 0. The van der Waals surface area contributed by atoms with Gasteiger partial charge in [0.15, 0.2) is 6.29 Å². The monoisotopic (exact) mass is 256 g/mol. The summed E-state index contributed by atoms with van der Waals surface area (Å²) in [6.07, 6.45) is 11.5. The van der Waals surface area contributed by atoms with Crippen LogP contribution in [0.5, 0.6) is 0 Å². The standard InChI is InChI=1S/C14H24O4/c15-13(16)9-5-3-1-2-4-7-11-17-14-10-6-8-12-18-14/h4,7,14H,1-3,5-6,8-12H2,(H,15,16). The molecular formula is C14H24O4. The van der Waals surface area contributed by atoms with Crippen LogP contribution in [0.15, 0.2) is 12.2 Å². The highest BCUT2D eigenvalue weighted by molar-refractivity contribution is 5.66. The molecule has 0 aromatic carbocycles. The molecule has 1 heterocycles. The molecule has 0 bridgehead atoms. The Morgan fingerprint density at radius 3 is 2.89 bits per heavy atom. The topological polar surface area (TPSA) is 55.8 Å². The van der Waals surface area contributed by atoms with Gasteiger partial charge in [-0.2, -0.15) is 0 Å². The van der Waals surface area contributed by atoms with Gasteiger partial charge in [-0.05, 0) is 38.5 Å². The maximum atomic E-state index is 10.3. The lowest BCUT2D eigenvalue weighted by atomic mass is 10.1. The summed E-state index contributed by atoms with van der Waals surface area (Å²) in [6.45, 7) is 1.43. The van der Waals surface area contributed by atoms with E-state index < -0.39 is 5.97 Å². The van der Waals surface area contributed by atoms with Crippen molar-refractivity contribution in [3.8, 4) is 0 Å². The smallest absolute Gasteiger partial charge is 0.303 e. The second-order valence-electron chi connectivity index (χ2n) is 4.59. The largest absolute Gasteiger partial charge is 0.481 e. The quantitative estimate of drug-likeness (QED) is 0.508. The molecule has 4 heteroatoms. The molecule has 0 spiro atoms. The minimum Gasteiger partial charge on any atom is -0.481 e. The fraction of sp³-hybridized carbons (Fsp3) is 0.786. The van der Waals surface area contributed by atoms with Gasteiger partial charge in [-0.1, -0.05) is 18.6 Å². The van der Waals surface area contributed by atoms with Crippen LogP contribution in [0.25, 0.3) is 0 Å². The molecule has 0 radical (unpaired) electrons. The fourth-order valence-electron chi connectivity index (χ4n) is 1.91. The van der Waals surface area contributed by atoms with E-state index in [4.69, 9.17) is 14.6 Å². The molecule has 0 saturated carbocycles. The number of carboxylic acids is 1. The highest BCUT2D eigenvalue weighted by atomic mass is 16.7. The van der Waals surface area contributed by atoms with E-state index in [-0.39, 0.29) is 12.7 Å². The maximum absolute atomic E-state index is 10.3. The zero-order valence-corrected chi connectivity index (χ0v) is 11.0. The molecule has 1 saturated heterocycles. The number of carbonyl (C=O) groups is 1. The highest BCUT2D eigenvalue weighted by Gasteiger charge is 2.12. The third-order valence-electron chi connectivity index (χ3n) is 2.94. The Morgan fingerprint density at radius 2 is 2.17 bits per heavy atom. The van der Waals surface area contributed by atoms with Gasteiger partial charge in [0.1, 0.15) is 0 Å². The number of ether oxygens (including phenoxy) is 2. The summed E-state index contributed by atoms with van der Waals surface area (Å²) in [5, 5.41) is 8.47. The van der Waals surface area contributed by atoms with Crippen LogP contribution in [0.3, 0.4) is 0 Å². The lowest BCUT2D eigenvalue weighted by Crippen LogP contribution is -2.22. The Bertz CT molecular complexity index is 244. The van der Waals surface area contributed by atoms with Gasteiger partial charge in [-0.25, -0.2) is 0 Å². The first-order valence-electron chi connectivity index (χ1n) is 6.89. The van der Waals surface area contributed by atoms with Crippen LogP contribution < -0.4 is 0 Å². The van der Waals surface area contributed by atoms with Gasteiger partial charge in [0.05, 0.1) is 6.61 Å². The summed E-state index contributed by atoms with van der Waals surface area (Å²) < 4.78 is 11.0. The Balaban J connectivity index is 1.86. The Labute approximate surface area is 109 Å². The molecular weight excluding hydrogens is 232 g/mol.